The molecule has 0 spiro atoms. The number of amides is 1. The molecule has 1 aromatic carbocycles. The molecule has 1 amide bonds. The molecule has 1 aromatic heterocycles. The number of nitrogens with zero attached hydrogens (tertiary/aromatic N) is 1. The third-order valence-corrected chi connectivity index (χ3v) is 6.85. The fourth-order valence-electron chi connectivity index (χ4n) is 3.34. The summed E-state index contributed by atoms with van der Waals surface area (Å²) in [5, 5.41) is 0. The number of furan rings is 1. The van der Waals surface area contributed by atoms with E-state index in [1.54, 1.807) is 30.3 Å². The van der Waals surface area contributed by atoms with Gasteiger partial charge >= 0.3 is 0 Å². The molecular weight excluding hydrogens is 438 g/mol. The van der Waals surface area contributed by atoms with Crippen molar-refractivity contribution in [3.8, 4) is 11.5 Å². The van der Waals surface area contributed by atoms with E-state index in [-0.39, 0.29) is 30.6 Å². The Morgan fingerprint density at radius 3 is 2.63 bits per heavy atom. The Kier molecular flexibility index (Phi) is 4.90. The van der Waals surface area contributed by atoms with Gasteiger partial charge in [0.25, 0.3) is 5.91 Å². The van der Waals surface area contributed by atoms with Crippen LogP contribution in [0.1, 0.15) is 12.2 Å². The summed E-state index contributed by atoms with van der Waals surface area (Å²) in [4.78, 5) is 14.7. The van der Waals surface area contributed by atoms with Crippen molar-refractivity contribution in [1.29, 1.82) is 0 Å². The van der Waals surface area contributed by atoms with Crippen LogP contribution in [-0.4, -0.2) is 49.5 Å². The van der Waals surface area contributed by atoms with Crippen molar-refractivity contribution in [2.75, 3.05) is 18.1 Å². The summed E-state index contributed by atoms with van der Waals surface area (Å²) >= 11 is 3.24. The summed E-state index contributed by atoms with van der Waals surface area (Å²) in [5.74, 6) is 1.38. The second kappa shape index (κ2) is 7.20. The van der Waals surface area contributed by atoms with Crippen LogP contribution in [0.5, 0.6) is 11.5 Å². The SMILES string of the molecule is O=C([C@@H]1COc2ccccc2O1)N(Cc1ccc(Br)o1)[C@@H]1CCS(=O)(=O)C1. The van der Waals surface area contributed by atoms with Crippen molar-refractivity contribution >= 4 is 31.7 Å². The number of carbonyl (C=O) groups is 1. The highest BCUT2D eigenvalue weighted by molar-refractivity contribution is 9.10. The third kappa shape index (κ3) is 3.98. The summed E-state index contributed by atoms with van der Waals surface area (Å²) in [7, 11) is -3.15. The average molecular weight is 456 g/mol. The van der Waals surface area contributed by atoms with E-state index in [4.69, 9.17) is 13.9 Å². The predicted octanol–water partition coefficient (Wildman–Crippen LogP) is 2.40. The Balaban J connectivity index is 1.57. The minimum absolute atomic E-state index is 0.0508. The second-order valence-corrected chi connectivity index (χ2v) is 9.60. The highest BCUT2D eigenvalue weighted by Crippen LogP contribution is 2.32. The Labute approximate surface area is 165 Å². The average Bonchev–Trinajstić information content (AvgIpc) is 3.23. The first-order valence-electron chi connectivity index (χ1n) is 8.55. The van der Waals surface area contributed by atoms with Crippen LogP contribution in [0, 0.1) is 0 Å². The fourth-order valence-corrected chi connectivity index (χ4v) is 5.41. The number of para-hydroxylation sites is 2. The molecule has 27 heavy (non-hydrogen) atoms. The molecule has 2 atom stereocenters. The Hall–Kier alpha value is -2.00. The lowest BCUT2D eigenvalue weighted by molar-refractivity contribution is -0.144. The smallest absolute Gasteiger partial charge is 0.267 e. The van der Waals surface area contributed by atoms with E-state index in [0.29, 0.717) is 28.3 Å². The number of carbonyl (C=O) groups excluding carboxylic acids is 1. The highest BCUT2D eigenvalue weighted by Gasteiger charge is 2.39. The zero-order valence-corrected chi connectivity index (χ0v) is 16.7. The molecule has 2 aliphatic heterocycles. The van der Waals surface area contributed by atoms with Crippen molar-refractivity contribution in [2.45, 2.75) is 25.1 Å². The molecule has 2 aromatic rings. The van der Waals surface area contributed by atoms with E-state index in [1.165, 1.54) is 4.90 Å². The van der Waals surface area contributed by atoms with Gasteiger partial charge in [0.05, 0.1) is 18.1 Å². The lowest BCUT2D eigenvalue weighted by Crippen LogP contribution is -2.50. The first kappa shape index (κ1) is 18.4. The van der Waals surface area contributed by atoms with Gasteiger partial charge in [-0.25, -0.2) is 8.42 Å². The zero-order chi connectivity index (χ0) is 19.0. The van der Waals surface area contributed by atoms with Crippen molar-refractivity contribution in [3.05, 3.63) is 46.8 Å². The number of ether oxygens (including phenoxy) is 2. The van der Waals surface area contributed by atoms with Gasteiger partial charge in [-0.1, -0.05) is 12.1 Å². The maximum absolute atomic E-state index is 13.2. The number of sulfone groups is 1. The molecule has 0 saturated carbocycles. The molecule has 0 N–H and O–H groups in total. The molecule has 0 unspecified atom stereocenters. The number of rotatable bonds is 4. The number of fused-ring (bicyclic) bond motifs is 1. The first-order chi connectivity index (χ1) is 12.9. The summed E-state index contributed by atoms with van der Waals surface area (Å²) < 4.78 is 41.4. The van der Waals surface area contributed by atoms with Gasteiger partial charge in [-0.15, -0.1) is 0 Å². The minimum atomic E-state index is -3.15. The van der Waals surface area contributed by atoms with E-state index < -0.39 is 22.0 Å². The van der Waals surface area contributed by atoms with E-state index >= 15 is 0 Å². The van der Waals surface area contributed by atoms with Crippen LogP contribution in [-0.2, 0) is 21.2 Å². The molecule has 7 nitrogen and oxygen atoms in total. The van der Waals surface area contributed by atoms with Gasteiger partial charge in [0.15, 0.2) is 26.0 Å². The van der Waals surface area contributed by atoms with Gasteiger partial charge in [0, 0.05) is 6.04 Å². The quantitative estimate of drug-likeness (QED) is 0.703. The highest BCUT2D eigenvalue weighted by atomic mass is 79.9. The van der Waals surface area contributed by atoms with Gasteiger partial charge in [0.1, 0.15) is 12.4 Å². The van der Waals surface area contributed by atoms with E-state index in [2.05, 4.69) is 15.9 Å². The molecule has 144 valence electrons. The fraction of sp³-hybridized carbons (Fsp3) is 0.389. The summed E-state index contributed by atoms with van der Waals surface area (Å²) in [6.45, 7) is 0.250. The maximum Gasteiger partial charge on any atom is 0.267 e. The predicted molar refractivity (Wildman–Crippen MR) is 100 cm³/mol. The molecule has 9 heteroatoms. The van der Waals surface area contributed by atoms with Crippen molar-refractivity contribution in [2.24, 2.45) is 0 Å². The van der Waals surface area contributed by atoms with Crippen LogP contribution >= 0.6 is 15.9 Å². The molecular formula is C18H18BrNO6S. The zero-order valence-electron chi connectivity index (χ0n) is 14.3. The van der Waals surface area contributed by atoms with Crippen LogP contribution < -0.4 is 9.47 Å². The summed E-state index contributed by atoms with van der Waals surface area (Å²) in [5.41, 5.74) is 0. The summed E-state index contributed by atoms with van der Waals surface area (Å²) in [6.07, 6.45) is -0.429. The van der Waals surface area contributed by atoms with Crippen LogP contribution in [0.4, 0.5) is 0 Å². The molecule has 3 heterocycles. The topological polar surface area (TPSA) is 86.1 Å². The lowest BCUT2D eigenvalue weighted by Gasteiger charge is -2.33. The van der Waals surface area contributed by atoms with E-state index in [9.17, 15) is 13.2 Å². The maximum atomic E-state index is 13.2. The molecule has 1 fully saturated rings. The Morgan fingerprint density at radius 2 is 1.96 bits per heavy atom. The number of halogens is 1. The second-order valence-electron chi connectivity index (χ2n) is 6.59. The number of hydrogen-bond acceptors (Lipinski definition) is 6. The standard InChI is InChI=1S/C18H18BrNO6S/c19-17-6-5-13(25-17)9-20(12-7-8-27(22,23)11-12)18(21)16-10-24-14-3-1-2-4-15(14)26-16/h1-6,12,16H,7-11H2/t12-,16+/m1/s1. The normalized spacial score (nSPS) is 23.1. The first-order valence-corrected chi connectivity index (χ1v) is 11.2. The van der Waals surface area contributed by atoms with Crippen LogP contribution in [0.2, 0.25) is 0 Å². The molecule has 4 rings (SSSR count). The van der Waals surface area contributed by atoms with Gasteiger partial charge < -0.3 is 18.8 Å². The largest absolute Gasteiger partial charge is 0.485 e. The van der Waals surface area contributed by atoms with Crippen LogP contribution in [0.15, 0.2) is 45.5 Å². The minimum Gasteiger partial charge on any atom is -0.485 e. The number of benzene rings is 1. The van der Waals surface area contributed by atoms with Gasteiger partial charge in [-0.05, 0) is 46.6 Å². The van der Waals surface area contributed by atoms with E-state index in [0.717, 1.165) is 0 Å². The Morgan fingerprint density at radius 1 is 1.19 bits per heavy atom. The van der Waals surface area contributed by atoms with Gasteiger partial charge in [0.2, 0.25) is 6.10 Å². The molecule has 2 aliphatic rings. The Bertz CT molecular complexity index is 956. The molecule has 0 bridgehead atoms. The monoisotopic (exact) mass is 455 g/mol. The molecule has 0 aliphatic carbocycles. The van der Waals surface area contributed by atoms with Gasteiger partial charge in [-0.2, -0.15) is 0 Å². The third-order valence-electron chi connectivity index (χ3n) is 4.67. The van der Waals surface area contributed by atoms with E-state index in [1.807, 2.05) is 6.07 Å². The van der Waals surface area contributed by atoms with Crippen molar-refractivity contribution < 1.29 is 27.1 Å². The number of hydrogen-bond donors (Lipinski definition) is 0. The lowest BCUT2D eigenvalue weighted by atomic mass is 10.1. The van der Waals surface area contributed by atoms with Crippen LogP contribution in [0.3, 0.4) is 0 Å². The molecule has 1 saturated heterocycles. The van der Waals surface area contributed by atoms with Crippen molar-refractivity contribution in [3.63, 3.8) is 0 Å². The van der Waals surface area contributed by atoms with Gasteiger partial charge in [-0.3, -0.25) is 4.79 Å². The van der Waals surface area contributed by atoms with Crippen LogP contribution in [0.25, 0.3) is 0 Å². The summed E-state index contributed by atoms with van der Waals surface area (Å²) in [6, 6.07) is 10.2. The van der Waals surface area contributed by atoms with Crippen molar-refractivity contribution in [1.82, 2.24) is 4.90 Å². The molecule has 0 radical (unpaired) electrons.